The van der Waals surface area contributed by atoms with E-state index in [0.29, 0.717) is 18.9 Å². The molecule has 166 valence electrons. The average Bonchev–Trinajstić information content (AvgIpc) is 3.21. The first-order chi connectivity index (χ1) is 14.1. The van der Waals surface area contributed by atoms with Gasteiger partial charge < -0.3 is 20.6 Å². The van der Waals surface area contributed by atoms with Gasteiger partial charge in [-0.25, -0.2) is 4.79 Å². The van der Waals surface area contributed by atoms with Crippen molar-refractivity contribution in [3.05, 3.63) is 22.4 Å². The minimum Gasteiger partial charge on any atom is -0.475 e. The van der Waals surface area contributed by atoms with Crippen LogP contribution in [-0.2, 0) is 14.4 Å². The second kappa shape index (κ2) is 8.93. The number of likely N-dealkylation sites (tertiary alicyclic amines) is 1. The summed E-state index contributed by atoms with van der Waals surface area (Å²) in [4.78, 5) is 37.1. The Kier molecular flexibility index (Phi) is 6.71. The number of carbonyl (C=O) groups is 3. The average molecular weight is 447 g/mol. The molecule has 3 aliphatic rings. The summed E-state index contributed by atoms with van der Waals surface area (Å²) < 4.78 is 31.7. The van der Waals surface area contributed by atoms with E-state index in [9.17, 15) is 22.8 Å². The number of rotatable bonds is 2. The van der Waals surface area contributed by atoms with E-state index in [-0.39, 0.29) is 23.1 Å². The van der Waals surface area contributed by atoms with Crippen LogP contribution in [0.3, 0.4) is 0 Å². The van der Waals surface area contributed by atoms with Crippen molar-refractivity contribution in [1.29, 1.82) is 0 Å². The Morgan fingerprint density at radius 2 is 1.87 bits per heavy atom. The van der Waals surface area contributed by atoms with Gasteiger partial charge in [0, 0.05) is 49.4 Å². The molecule has 0 bridgehead atoms. The summed E-state index contributed by atoms with van der Waals surface area (Å²) in [6.07, 6.45) is -2.49. The Labute approximate surface area is 175 Å². The fraction of sp³-hybridized carbons (Fsp3) is 0.632. The Balaban J connectivity index is 0.000000318. The molecule has 3 aliphatic heterocycles. The molecule has 3 saturated heterocycles. The van der Waals surface area contributed by atoms with Gasteiger partial charge in [0.25, 0.3) is 0 Å². The summed E-state index contributed by atoms with van der Waals surface area (Å²) in [5.74, 6) is -1.88. The van der Waals surface area contributed by atoms with Crippen molar-refractivity contribution in [2.24, 2.45) is 11.3 Å². The molecular weight excluding hydrogens is 423 g/mol. The lowest BCUT2D eigenvalue weighted by Crippen LogP contribution is -2.67. The number of hydrogen-bond donors (Lipinski definition) is 3. The zero-order valence-electron chi connectivity index (χ0n) is 16.2. The van der Waals surface area contributed by atoms with Crippen molar-refractivity contribution in [3.63, 3.8) is 0 Å². The van der Waals surface area contributed by atoms with Gasteiger partial charge in [0.15, 0.2) is 0 Å². The number of nitrogens with one attached hydrogen (secondary N) is 2. The van der Waals surface area contributed by atoms with Crippen molar-refractivity contribution in [1.82, 2.24) is 15.5 Å². The van der Waals surface area contributed by atoms with Crippen LogP contribution in [0.2, 0.25) is 0 Å². The molecule has 4 heterocycles. The van der Waals surface area contributed by atoms with Gasteiger partial charge in [0.2, 0.25) is 11.8 Å². The molecule has 3 fully saturated rings. The van der Waals surface area contributed by atoms with Crippen molar-refractivity contribution >= 4 is 29.1 Å². The third-order valence-electron chi connectivity index (χ3n) is 6.00. The molecule has 1 aromatic rings. The topological polar surface area (TPSA) is 98.7 Å². The van der Waals surface area contributed by atoms with Gasteiger partial charge in [0.05, 0.1) is 5.92 Å². The first kappa shape index (κ1) is 22.5. The monoisotopic (exact) mass is 447 g/mol. The predicted molar refractivity (Wildman–Crippen MR) is 103 cm³/mol. The summed E-state index contributed by atoms with van der Waals surface area (Å²) in [6, 6.07) is 4.31. The Hall–Kier alpha value is -2.14. The molecule has 7 nitrogen and oxygen atoms in total. The zero-order chi connectivity index (χ0) is 21.9. The standard InChI is InChI=1S/C17H23N3O2S.C2HF3O2/c21-15-8-17(10-18-11-17)13(9-19-15)16(22)20-5-3-12(4-6-20)14-2-1-7-23-14;3-2(4,5)1(6)7/h1-2,7,12-13,18H,3-6,8-11H2,(H,19,21);(H,6,7). The molecule has 1 unspecified atom stereocenters. The molecular formula is C19H24F3N3O4S. The molecule has 11 heteroatoms. The van der Waals surface area contributed by atoms with Crippen molar-refractivity contribution < 1.29 is 32.7 Å². The highest BCUT2D eigenvalue weighted by atomic mass is 32.1. The first-order valence-corrected chi connectivity index (χ1v) is 10.6. The zero-order valence-corrected chi connectivity index (χ0v) is 17.0. The van der Waals surface area contributed by atoms with E-state index in [2.05, 4.69) is 28.1 Å². The van der Waals surface area contributed by atoms with Gasteiger partial charge in [-0.1, -0.05) is 6.07 Å². The van der Waals surface area contributed by atoms with Gasteiger partial charge >= 0.3 is 12.1 Å². The van der Waals surface area contributed by atoms with E-state index >= 15 is 0 Å². The van der Waals surface area contributed by atoms with Gasteiger partial charge in [-0.05, 0) is 30.2 Å². The van der Waals surface area contributed by atoms with Crippen LogP contribution in [0.25, 0.3) is 0 Å². The van der Waals surface area contributed by atoms with Crippen LogP contribution >= 0.6 is 11.3 Å². The number of aliphatic carboxylic acids is 1. The smallest absolute Gasteiger partial charge is 0.475 e. The number of alkyl halides is 3. The van der Waals surface area contributed by atoms with Crippen molar-refractivity contribution in [3.8, 4) is 0 Å². The second-order valence-electron chi connectivity index (χ2n) is 7.92. The number of nitrogens with zero attached hydrogens (tertiary/aromatic N) is 1. The molecule has 0 aromatic carbocycles. The van der Waals surface area contributed by atoms with Crippen LogP contribution in [0.15, 0.2) is 17.5 Å². The maximum absolute atomic E-state index is 13.0. The van der Waals surface area contributed by atoms with Gasteiger partial charge in [0.1, 0.15) is 0 Å². The molecule has 3 N–H and O–H groups in total. The van der Waals surface area contributed by atoms with Crippen LogP contribution in [0.4, 0.5) is 13.2 Å². The quantitative estimate of drug-likeness (QED) is 0.643. The number of piperidine rings is 2. The molecule has 2 amide bonds. The highest BCUT2D eigenvalue weighted by Gasteiger charge is 2.52. The van der Waals surface area contributed by atoms with E-state index in [1.807, 2.05) is 16.2 Å². The third-order valence-corrected chi connectivity index (χ3v) is 7.04. The summed E-state index contributed by atoms with van der Waals surface area (Å²) in [5, 5.41) is 15.4. The van der Waals surface area contributed by atoms with Crippen molar-refractivity contribution in [2.45, 2.75) is 31.4 Å². The fourth-order valence-corrected chi connectivity index (χ4v) is 5.13. The second-order valence-corrected chi connectivity index (χ2v) is 8.90. The largest absolute Gasteiger partial charge is 0.490 e. The molecule has 30 heavy (non-hydrogen) atoms. The van der Waals surface area contributed by atoms with Gasteiger partial charge in [-0.15, -0.1) is 11.3 Å². The first-order valence-electron chi connectivity index (χ1n) is 9.72. The molecule has 0 saturated carbocycles. The van der Waals surface area contributed by atoms with Crippen LogP contribution in [0, 0.1) is 11.3 Å². The number of carboxylic acids is 1. The van der Waals surface area contributed by atoms with Crippen LogP contribution in [0.1, 0.15) is 30.1 Å². The van der Waals surface area contributed by atoms with Crippen LogP contribution < -0.4 is 10.6 Å². The summed E-state index contributed by atoms with van der Waals surface area (Å²) in [7, 11) is 0. The number of carboxylic acid groups (broad SMARTS) is 1. The molecule has 0 radical (unpaired) electrons. The van der Waals surface area contributed by atoms with Crippen LogP contribution in [0.5, 0.6) is 0 Å². The van der Waals surface area contributed by atoms with E-state index in [4.69, 9.17) is 9.90 Å². The Morgan fingerprint density at radius 3 is 2.33 bits per heavy atom. The van der Waals surface area contributed by atoms with E-state index < -0.39 is 12.1 Å². The normalized spacial score (nSPS) is 23.8. The number of amides is 2. The Morgan fingerprint density at radius 1 is 1.23 bits per heavy atom. The summed E-state index contributed by atoms with van der Waals surface area (Å²) >= 11 is 1.82. The molecule has 1 spiro atoms. The van der Waals surface area contributed by atoms with Crippen LogP contribution in [-0.4, -0.2) is 66.7 Å². The summed E-state index contributed by atoms with van der Waals surface area (Å²) in [5.41, 5.74) is -0.135. The minimum atomic E-state index is -5.08. The lowest BCUT2D eigenvalue weighted by molar-refractivity contribution is -0.192. The van der Waals surface area contributed by atoms with E-state index in [0.717, 1.165) is 39.0 Å². The molecule has 1 aromatic heterocycles. The van der Waals surface area contributed by atoms with E-state index in [1.54, 1.807) is 0 Å². The number of carbonyl (C=O) groups excluding carboxylic acids is 2. The summed E-state index contributed by atoms with van der Waals surface area (Å²) in [6.45, 7) is 3.78. The van der Waals surface area contributed by atoms with Gasteiger partial charge in [-0.3, -0.25) is 9.59 Å². The maximum atomic E-state index is 13.0. The Bertz CT molecular complexity index is 772. The molecule has 4 rings (SSSR count). The third kappa shape index (κ3) is 4.94. The number of thiophene rings is 1. The van der Waals surface area contributed by atoms with E-state index in [1.165, 1.54) is 4.88 Å². The van der Waals surface area contributed by atoms with Gasteiger partial charge in [-0.2, -0.15) is 13.2 Å². The molecule has 1 atom stereocenters. The predicted octanol–water partition coefficient (Wildman–Crippen LogP) is 1.81. The highest BCUT2D eigenvalue weighted by Crippen LogP contribution is 2.40. The number of hydrogen-bond acceptors (Lipinski definition) is 5. The number of halogens is 3. The lowest BCUT2D eigenvalue weighted by atomic mass is 9.65. The fourth-order valence-electron chi connectivity index (χ4n) is 4.23. The highest BCUT2D eigenvalue weighted by molar-refractivity contribution is 7.10. The SMILES string of the molecule is O=C(O)C(F)(F)F.O=C1CC2(CNC2)C(C(=O)N2CCC(c3cccs3)CC2)CN1. The molecule has 0 aliphatic carbocycles. The minimum absolute atomic E-state index is 0.0558. The lowest BCUT2D eigenvalue weighted by Gasteiger charge is -2.51. The van der Waals surface area contributed by atoms with Crippen molar-refractivity contribution in [2.75, 3.05) is 32.7 Å². The maximum Gasteiger partial charge on any atom is 0.490 e.